The molecule has 118 valence electrons. The number of nitrogens with two attached hydrogens (primary N) is 1. The SMILES string of the molecule is CCCC(C(N)=NO)N1CCN(CCOC(C)C)CC1. The van der Waals surface area contributed by atoms with Gasteiger partial charge in [-0.2, -0.15) is 0 Å². The van der Waals surface area contributed by atoms with Gasteiger partial charge >= 0.3 is 0 Å². The number of nitrogens with zero attached hydrogens (tertiary/aromatic N) is 3. The van der Waals surface area contributed by atoms with Gasteiger partial charge in [-0.05, 0) is 20.3 Å². The number of hydrogen-bond acceptors (Lipinski definition) is 5. The summed E-state index contributed by atoms with van der Waals surface area (Å²) in [5, 5.41) is 12.1. The van der Waals surface area contributed by atoms with E-state index in [-0.39, 0.29) is 6.04 Å². The van der Waals surface area contributed by atoms with Crippen molar-refractivity contribution in [3.8, 4) is 0 Å². The molecule has 0 aliphatic carbocycles. The Hall–Kier alpha value is -0.850. The van der Waals surface area contributed by atoms with E-state index in [9.17, 15) is 0 Å². The number of hydrogen-bond donors (Lipinski definition) is 2. The van der Waals surface area contributed by atoms with Crippen molar-refractivity contribution in [2.45, 2.75) is 45.8 Å². The first-order valence-electron chi connectivity index (χ1n) is 7.63. The number of rotatable bonds is 8. The lowest BCUT2D eigenvalue weighted by Crippen LogP contribution is -2.54. The maximum absolute atomic E-state index is 8.89. The third-order valence-corrected chi connectivity index (χ3v) is 3.73. The predicted molar refractivity (Wildman–Crippen MR) is 81.2 cm³/mol. The molecule has 1 rings (SSSR count). The van der Waals surface area contributed by atoms with Crippen molar-refractivity contribution in [3.63, 3.8) is 0 Å². The van der Waals surface area contributed by atoms with Crippen LogP contribution in [-0.4, -0.2) is 72.3 Å². The van der Waals surface area contributed by atoms with E-state index in [0.717, 1.165) is 52.2 Å². The van der Waals surface area contributed by atoms with Crippen molar-refractivity contribution in [2.24, 2.45) is 10.9 Å². The van der Waals surface area contributed by atoms with Crippen LogP contribution >= 0.6 is 0 Å². The minimum absolute atomic E-state index is 0.0686. The van der Waals surface area contributed by atoms with E-state index in [4.69, 9.17) is 15.7 Å². The summed E-state index contributed by atoms with van der Waals surface area (Å²) in [5.74, 6) is 0.337. The van der Waals surface area contributed by atoms with Crippen LogP contribution in [0.15, 0.2) is 5.16 Å². The highest BCUT2D eigenvalue weighted by Crippen LogP contribution is 2.11. The van der Waals surface area contributed by atoms with Gasteiger partial charge in [-0.15, -0.1) is 0 Å². The fourth-order valence-corrected chi connectivity index (χ4v) is 2.57. The maximum Gasteiger partial charge on any atom is 0.156 e. The Balaban J connectivity index is 2.36. The van der Waals surface area contributed by atoms with Crippen molar-refractivity contribution in [3.05, 3.63) is 0 Å². The molecule has 1 aliphatic heterocycles. The van der Waals surface area contributed by atoms with E-state index < -0.39 is 0 Å². The van der Waals surface area contributed by atoms with Crippen molar-refractivity contribution in [1.29, 1.82) is 0 Å². The molecule has 20 heavy (non-hydrogen) atoms. The van der Waals surface area contributed by atoms with E-state index in [1.807, 2.05) is 0 Å². The molecule has 0 bridgehead atoms. The van der Waals surface area contributed by atoms with E-state index in [2.05, 4.69) is 35.7 Å². The predicted octanol–water partition coefficient (Wildman–Crippen LogP) is 0.944. The molecule has 3 N–H and O–H groups in total. The number of piperazine rings is 1. The Labute approximate surface area is 122 Å². The van der Waals surface area contributed by atoms with Crippen LogP contribution < -0.4 is 5.73 Å². The molecule has 0 aromatic heterocycles. The van der Waals surface area contributed by atoms with E-state index >= 15 is 0 Å². The fraction of sp³-hybridized carbons (Fsp3) is 0.929. The van der Waals surface area contributed by atoms with Crippen LogP contribution in [0.2, 0.25) is 0 Å². The highest BCUT2D eigenvalue weighted by molar-refractivity contribution is 5.85. The first kappa shape index (κ1) is 17.2. The van der Waals surface area contributed by atoms with Crippen LogP contribution in [0.5, 0.6) is 0 Å². The molecule has 0 saturated carbocycles. The largest absolute Gasteiger partial charge is 0.409 e. The Morgan fingerprint density at radius 1 is 1.30 bits per heavy atom. The Kier molecular flexibility index (Phi) is 7.87. The van der Waals surface area contributed by atoms with Crippen molar-refractivity contribution >= 4 is 5.84 Å². The number of amidine groups is 1. The van der Waals surface area contributed by atoms with Crippen molar-refractivity contribution in [1.82, 2.24) is 9.80 Å². The summed E-state index contributed by atoms with van der Waals surface area (Å²) < 4.78 is 5.59. The van der Waals surface area contributed by atoms with Crippen LogP contribution in [0.4, 0.5) is 0 Å². The molecule has 1 unspecified atom stereocenters. The van der Waals surface area contributed by atoms with Gasteiger partial charge in [-0.1, -0.05) is 18.5 Å². The lowest BCUT2D eigenvalue weighted by Gasteiger charge is -2.38. The van der Waals surface area contributed by atoms with Crippen LogP contribution in [-0.2, 0) is 4.74 Å². The molecule has 1 atom stereocenters. The summed E-state index contributed by atoms with van der Waals surface area (Å²) in [6.45, 7) is 12.0. The third kappa shape index (κ3) is 5.64. The summed E-state index contributed by atoms with van der Waals surface area (Å²) in [6, 6.07) is 0.0686. The Bertz CT molecular complexity index is 289. The second-order valence-corrected chi connectivity index (χ2v) is 5.63. The van der Waals surface area contributed by atoms with Crippen LogP contribution in [0.25, 0.3) is 0 Å². The van der Waals surface area contributed by atoms with E-state index in [0.29, 0.717) is 11.9 Å². The monoisotopic (exact) mass is 286 g/mol. The van der Waals surface area contributed by atoms with Crippen LogP contribution in [0.3, 0.4) is 0 Å². The molecule has 0 aromatic rings. The summed E-state index contributed by atoms with van der Waals surface area (Å²) in [5.41, 5.74) is 5.81. The van der Waals surface area contributed by atoms with E-state index in [1.54, 1.807) is 0 Å². The minimum atomic E-state index is 0.0686. The normalized spacial score (nSPS) is 20.5. The molecule has 0 radical (unpaired) electrons. The molecule has 6 nitrogen and oxygen atoms in total. The van der Waals surface area contributed by atoms with Crippen molar-refractivity contribution < 1.29 is 9.94 Å². The molecule has 0 aromatic carbocycles. The summed E-state index contributed by atoms with van der Waals surface area (Å²) in [4.78, 5) is 4.73. The fourth-order valence-electron chi connectivity index (χ4n) is 2.57. The average Bonchev–Trinajstić information content (AvgIpc) is 2.44. The van der Waals surface area contributed by atoms with Crippen LogP contribution in [0, 0.1) is 0 Å². The maximum atomic E-state index is 8.89. The molecule has 1 heterocycles. The first-order chi connectivity index (χ1) is 9.58. The molecule has 1 saturated heterocycles. The summed E-state index contributed by atoms with van der Waals surface area (Å²) >= 11 is 0. The highest BCUT2D eigenvalue weighted by Gasteiger charge is 2.25. The molecular weight excluding hydrogens is 256 g/mol. The minimum Gasteiger partial charge on any atom is -0.409 e. The Morgan fingerprint density at radius 3 is 2.45 bits per heavy atom. The van der Waals surface area contributed by atoms with Gasteiger partial charge in [-0.3, -0.25) is 9.80 Å². The third-order valence-electron chi connectivity index (χ3n) is 3.73. The molecule has 0 amide bonds. The second kappa shape index (κ2) is 9.15. The van der Waals surface area contributed by atoms with E-state index in [1.165, 1.54) is 0 Å². The van der Waals surface area contributed by atoms with Crippen LogP contribution in [0.1, 0.15) is 33.6 Å². The summed E-state index contributed by atoms with van der Waals surface area (Å²) in [7, 11) is 0. The molecule has 1 aliphatic rings. The molecule has 0 spiro atoms. The topological polar surface area (TPSA) is 74.3 Å². The zero-order chi connectivity index (χ0) is 15.0. The number of ether oxygens (including phenoxy) is 1. The van der Waals surface area contributed by atoms with Gasteiger partial charge in [0, 0.05) is 32.7 Å². The van der Waals surface area contributed by atoms with Crippen molar-refractivity contribution in [2.75, 3.05) is 39.3 Å². The zero-order valence-corrected chi connectivity index (χ0v) is 13.1. The van der Waals surface area contributed by atoms with Gasteiger partial charge in [0.05, 0.1) is 18.8 Å². The zero-order valence-electron chi connectivity index (χ0n) is 13.1. The molecule has 6 heteroatoms. The highest BCUT2D eigenvalue weighted by atomic mass is 16.5. The van der Waals surface area contributed by atoms with Gasteiger partial charge in [0.2, 0.25) is 0 Å². The molecular formula is C14H30N4O2. The van der Waals surface area contributed by atoms with Gasteiger partial charge in [0.25, 0.3) is 0 Å². The lowest BCUT2D eigenvalue weighted by molar-refractivity contribution is 0.0414. The van der Waals surface area contributed by atoms with Gasteiger partial charge in [0.1, 0.15) is 0 Å². The molecule has 1 fully saturated rings. The quantitative estimate of drug-likeness (QED) is 0.301. The smallest absolute Gasteiger partial charge is 0.156 e. The lowest BCUT2D eigenvalue weighted by atomic mass is 10.1. The number of oxime groups is 1. The van der Waals surface area contributed by atoms with Gasteiger partial charge in [-0.25, -0.2) is 0 Å². The summed E-state index contributed by atoms with van der Waals surface area (Å²) in [6.07, 6.45) is 2.26. The standard InChI is InChI=1S/C14H30N4O2/c1-4-5-13(14(15)16-19)18-8-6-17(7-9-18)10-11-20-12(2)3/h12-13,19H,4-11H2,1-3H3,(H2,15,16). The first-order valence-corrected chi connectivity index (χ1v) is 7.63. The van der Waals surface area contributed by atoms with Gasteiger partial charge in [0.15, 0.2) is 5.84 Å². The van der Waals surface area contributed by atoms with Gasteiger partial charge < -0.3 is 15.7 Å². The second-order valence-electron chi connectivity index (χ2n) is 5.63. The Morgan fingerprint density at radius 2 is 1.95 bits per heavy atom. The average molecular weight is 286 g/mol.